The Morgan fingerprint density at radius 1 is 1.42 bits per heavy atom. The summed E-state index contributed by atoms with van der Waals surface area (Å²) in [4.78, 5) is 10.8. The van der Waals surface area contributed by atoms with Crippen molar-refractivity contribution in [2.45, 2.75) is 47.0 Å². The Bertz CT molecular complexity index is 168. The second kappa shape index (κ2) is 5.99. The van der Waals surface area contributed by atoms with Gasteiger partial charge in [-0.2, -0.15) is 0 Å². The van der Waals surface area contributed by atoms with Crippen LogP contribution < -0.4 is 0 Å². The number of carbonyl (C=O) groups excluding carboxylic acids is 1. The highest BCUT2D eigenvalue weighted by Gasteiger charge is 2.02. The summed E-state index contributed by atoms with van der Waals surface area (Å²) < 4.78 is 0. The third-order valence-corrected chi connectivity index (χ3v) is 2.17. The molecule has 0 saturated carbocycles. The maximum Gasteiger partial charge on any atom is 0.152 e. The second-order valence-corrected chi connectivity index (χ2v) is 3.48. The van der Waals surface area contributed by atoms with Gasteiger partial charge in [0.05, 0.1) is 0 Å². The zero-order chi connectivity index (χ0) is 9.56. The third kappa shape index (κ3) is 5.11. The lowest BCUT2D eigenvalue weighted by Gasteiger charge is -2.09. The molecule has 0 aromatic rings. The summed E-state index contributed by atoms with van der Waals surface area (Å²) in [5, 5.41) is 0. The molecule has 1 unspecified atom stereocenters. The van der Waals surface area contributed by atoms with E-state index in [-0.39, 0.29) is 5.78 Å². The number of hydrogen-bond donors (Lipinski definition) is 0. The molecule has 0 aromatic heterocycles. The van der Waals surface area contributed by atoms with Gasteiger partial charge in [-0.15, -0.1) is 0 Å². The van der Waals surface area contributed by atoms with E-state index in [0.717, 1.165) is 12.8 Å². The molecule has 12 heavy (non-hydrogen) atoms. The molecule has 0 aromatic carbocycles. The molecule has 0 rings (SSSR count). The van der Waals surface area contributed by atoms with Crippen LogP contribution in [-0.2, 0) is 4.79 Å². The molecule has 0 spiro atoms. The largest absolute Gasteiger partial charge is 0.295 e. The average molecular weight is 168 g/mol. The van der Waals surface area contributed by atoms with Gasteiger partial charge in [0.1, 0.15) is 0 Å². The van der Waals surface area contributed by atoms with Gasteiger partial charge in [0.2, 0.25) is 0 Å². The lowest BCUT2D eigenvalue weighted by molar-refractivity contribution is -0.112. The lowest BCUT2D eigenvalue weighted by Crippen LogP contribution is -1.96. The number of carbonyl (C=O) groups is 1. The maximum atomic E-state index is 10.8. The van der Waals surface area contributed by atoms with Crippen LogP contribution in [0.3, 0.4) is 0 Å². The maximum absolute atomic E-state index is 10.8. The predicted octanol–water partition coefficient (Wildman–Crippen LogP) is 3.35. The Kier molecular flexibility index (Phi) is 5.69. The van der Waals surface area contributed by atoms with Crippen molar-refractivity contribution in [3.8, 4) is 0 Å². The molecule has 0 fully saturated rings. The molecule has 0 aliphatic carbocycles. The summed E-state index contributed by atoms with van der Waals surface area (Å²) in [6.45, 7) is 8.14. The molecular formula is C11H20O. The minimum absolute atomic E-state index is 0.176. The van der Waals surface area contributed by atoms with Crippen LogP contribution in [0, 0.1) is 5.92 Å². The highest BCUT2D eigenvalue weighted by molar-refractivity contribution is 5.87. The molecule has 0 amide bonds. The summed E-state index contributed by atoms with van der Waals surface area (Å²) in [5.41, 5.74) is 1.29. The van der Waals surface area contributed by atoms with Crippen LogP contribution in [0.1, 0.15) is 47.0 Å². The zero-order valence-electron chi connectivity index (χ0n) is 8.68. The van der Waals surface area contributed by atoms with E-state index < -0.39 is 0 Å². The van der Waals surface area contributed by atoms with Gasteiger partial charge in [-0.1, -0.05) is 32.8 Å². The Labute approximate surface area is 75.9 Å². The van der Waals surface area contributed by atoms with Crippen LogP contribution in [-0.4, -0.2) is 5.78 Å². The van der Waals surface area contributed by atoms with Crippen molar-refractivity contribution >= 4 is 5.78 Å². The van der Waals surface area contributed by atoms with E-state index in [1.54, 1.807) is 13.0 Å². The van der Waals surface area contributed by atoms with Gasteiger partial charge in [-0.05, 0) is 31.8 Å². The number of rotatable bonds is 5. The summed E-state index contributed by atoms with van der Waals surface area (Å²) in [6, 6.07) is 0. The zero-order valence-corrected chi connectivity index (χ0v) is 8.68. The normalized spacial score (nSPS) is 14.5. The van der Waals surface area contributed by atoms with Crippen LogP contribution in [0.4, 0.5) is 0 Å². The van der Waals surface area contributed by atoms with Crippen molar-refractivity contribution < 1.29 is 4.79 Å². The molecular weight excluding hydrogens is 148 g/mol. The van der Waals surface area contributed by atoms with E-state index in [4.69, 9.17) is 0 Å². The first-order valence-electron chi connectivity index (χ1n) is 4.80. The van der Waals surface area contributed by atoms with Gasteiger partial charge in [0.15, 0.2) is 5.78 Å². The van der Waals surface area contributed by atoms with Crippen molar-refractivity contribution in [2.75, 3.05) is 0 Å². The van der Waals surface area contributed by atoms with Crippen LogP contribution in [0.25, 0.3) is 0 Å². The molecule has 70 valence electrons. The minimum Gasteiger partial charge on any atom is -0.295 e. The number of allylic oxidation sites excluding steroid dienone is 2. The summed E-state index contributed by atoms with van der Waals surface area (Å²) in [5.74, 6) is 0.880. The Morgan fingerprint density at radius 3 is 2.33 bits per heavy atom. The van der Waals surface area contributed by atoms with Gasteiger partial charge in [-0.25, -0.2) is 0 Å². The minimum atomic E-state index is 0.176. The first-order valence-corrected chi connectivity index (χ1v) is 4.80. The molecule has 0 radical (unpaired) electrons. The van der Waals surface area contributed by atoms with Crippen LogP contribution in [0.2, 0.25) is 0 Å². The van der Waals surface area contributed by atoms with Crippen molar-refractivity contribution in [3.63, 3.8) is 0 Å². The van der Waals surface area contributed by atoms with E-state index in [2.05, 4.69) is 20.8 Å². The average Bonchev–Trinajstić information content (AvgIpc) is 2.02. The van der Waals surface area contributed by atoms with Gasteiger partial charge >= 0.3 is 0 Å². The van der Waals surface area contributed by atoms with Gasteiger partial charge in [-0.3, -0.25) is 4.79 Å². The molecule has 0 saturated heterocycles. The van der Waals surface area contributed by atoms with Crippen LogP contribution >= 0.6 is 0 Å². The molecule has 0 aliphatic rings. The second-order valence-electron chi connectivity index (χ2n) is 3.48. The van der Waals surface area contributed by atoms with Gasteiger partial charge < -0.3 is 0 Å². The first-order chi connectivity index (χ1) is 5.60. The van der Waals surface area contributed by atoms with Crippen LogP contribution in [0.15, 0.2) is 11.6 Å². The van der Waals surface area contributed by atoms with E-state index in [1.165, 1.54) is 12.0 Å². The molecule has 0 N–H and O–H groups in total. The molecule has 0 bridgehead atoms. The molecule has 0 heterocycles. The quantitative estimate of drug-likeness (QED) is 0.575. The summed E-state index contributed by atoms with van der Waals surface area (Å²) >= 11 is 0. The fourth-order valence-electron chi connectivity index (χ4n) is 1.18. The predicted molar refractivity (Wildman–Crippen MR) is 53.1 cm³/mol. The van der Waals surface area contributed by atoms with Crippen molar-refractivity contribution in [1.82, 2.24) is 0 Å². The monoisotopic (exact) mass is 168 g/mol. The van der Waals surface area contributed by atoms with E-state index in [9.17, 15) is 4.79 Å². The number of ketones is 1. The first kappa shape index (κ1) is 11.4. The van der Waals surface area contributed by atoms with Gasteiger partial charge in [0, 0.05) is 0 Å². The highest BCUT2D eigenvalue weighted by atomic mass is 16.1. The van der Waals surface area contributed by atoms with Crippen molar-refractivity contribution in [1.29, 1.82) is 0 Å². The lowest BCUT2D eigenvalue weighted by atomic mass is 9.96. The Hall–Kier alpha value is -0.590. The van der Waals surface area contributed by atoms with E-state index in [0.29, 0.717) is 5.92 Å². The van der Waals surface area contributed by atoms with Crippen LogP contribution in [0.5, 0.6) is 0 Å². The van der Waals surface area contributed by atoms with E-state index in [1.807, 2.05) is 0 Å². The Morgan fingerprint density at radius 2 is 2.00 bits per heavy atom. The smallest absolute Gasteiger partial charge is 0.152 e. The summed E-state index contributed by atoms with van der Waals surface area (Å²) in [6.07, 6.45) is 5.05. The number of hydrogen-bond acceptors (Lipinski definition) is 1. The molecule has 1 atom stereocenters. The third-order valence-electron chi connectivity index (χ3n) is 2.17. The standard InChI is InChI=1S/C11H20O/c1-5-9(3)7-11(6-2)8-10(4)12/h8-9H,5-7H2,1-4H3. The SMILES string of the molecule is CCC(=CC(C)=O)CC(C)CC. The Balaban J connectivity index is 4.08. The van der Waals surface area contributed by atoms with Crippen molar-refractivity contribution in [2.24, 2.45) is 5.92 Å². The molecule has 0 aliphatic heterocycles. The molecule has 1 heteroatoms. The van der Waals surface area contributed by atoms with Gasteiger partial charge in [0.25, 0.3) is 0 Å². The van der Waals surface area contributed by atoms with E-state index >= 15 is 0 Å². The fraction of sp³-hybridized carbons (Fsp3) is 0.727. The van der Waals surface area contributed by atoms with Crippen molar-refractivity contribution in [3.05, 3.63) is 11.6 Å². The highest BCUT2D eigenvalue weighted by Crippen LogP contribution is 2.16. The summed E-state index contributed by atoms with van der Waals surface area (Å²) in [7, 11) is 0. The fourth-order valence-corrected chi connectivity index (χ4v) is 1.18. The molecule has 1 nitrogen and oxygen atoms in total. The topological polar surface area (TPSA) is 17.1 Å².